The fraction of sp³-hybridized carbons (Fsp3) is 0.409. The first-order valence-corrected chi connectivity index (χ1v) is 11.5. The minimum absolute atomic E-state index is 0.114. The molecule has 0 unspecified atom stereocenters. The monoisotopic (exact) mass is 398 g/mol. The number of amides is 1. The summed E-state index contributed by atoms with van der Waals surface area (Å²) >= 11 is 0. The minimum atomic E-state index is -3.58. The molecule has 1 N–H and O–H groups in total. The summed E-state index contributed by atoms with van der Waals surface area (Å²) in [6.45, 7) is 0.701. The number of rotatable bonds is 4. The number of hydrogen-bond acceptors (Lipinski definition) is 3. The maximum absolute atomic E-state index is 13.2. The molecule has 1 saturated heterocycles. The molecule has 2 aliphatic rings. The Morgan fingerprint density at radius 3 is 2.50 bits per heavy atom. The number of nitrogens with zero attached hydrogens (tertiary/aromatic N) is 1. The van der Waals surface area contributed by atoms with Gasteiger partial charge in [-0.3, -0.25) is 4.79 Å². The number of hydrogen-bond donors (Lipinski definition) is 1. The van der Waals surface area contributed by atoms with Crippen LogP contribution in [-0.2, 0) is 27.7 Å². The third kappa shape index (κ3) is 3.98. The van der Waals surface area contributed by atoms with E-state index in [0.29, 0.717) is 24.3 Å². The molecule has 0 aromatic heterocycles. The SMILES string of the molecule is O=C(Nc1ccccc1)[C@H]1CCCN(S(=O)(=O)c2ccc3c(c2)CCCC3)C1. The number of para-hydroxylation sites is 1. The van der Waals surface area contributed by atoms with Crippen LogP contribution >= 0.6 is 0 Å². The molecule has 4 rings (SSSR count). The van der Waals surface area contributed by atoms with Crippen molar-refractivity contribution in [2.24, 2.45) is 5.92 Å². The summed E-state index contributed by atoms with van der Waals surface area (Å²) in [7, 11) is -3.58. The Balaban J connectivity index is 1.49. The lowest BCUT2D eigenvalue weighted by Gasteiger charge is -2.31. The van der Waals surface area contributed by atoms with Gasteiger partial charge >= 0.3 is 0 Å². The number of anilines is 1. The minimum Gasteiger partial charge on any atom is -0.326 e. The number of piperidine rings is 1. The molecule has 2 aromatic rings. The van der Waals surface area contributed by atoms with Gasteiger partial charge in [0, 0.05) is 18.8 Å². The molecule has 1 heterocycles. The Kier molecular flexibility index (Phi) is 5.51. The summed E-state index contributed by atoms with van der Waals surface area (Å²) in [4.78, 5) is 13.0. The molecule has 148 valence electrons. The predicted octanol–water partition coefficient (Wildman–Crippen LogP) is 3.60. The van der Waals surface area contributed by atoms with Crippen molar-refractivity contribution in [1.82, 2.24) is 4.31 Å². The Labute approximate surface area is 166 Å². The van der Waals surface area contributed by atoms with Crippen LogP contribution in [-0.4, -0.2) is 31.7 Å². The normalized spacial score (nSPS) is 20.4. The second kappa shape index (κ2) is 8.05. The lowest BCUT2D eigenvalue weighted by Crippen LogP contribution is -2.43. The summed E-state index contributed by atoms with van der Waals surface area (Å²) in [5.41, 5.74) is 3.16. The molecule has 1 aliphatic heterocycles. The van der Waals surface area contributed by atoms with Crippen LogP contribution in [0.2, 0.25) is 0 Å². The lowest BCUT2D eigenvalue weighted by molar-refractivity contribution is -0.120. The first kappa shape index (κ1) is 19.2. The van der Waals surface area contributed by atoms with Crippen LogP contribution in [0.4, 0.5) is 5.69 Å². The second-order valence-corrected chi connectivity index (χ2v) is 9.63. The van der Waals surface area contributed by atoms with Gasteiger partial charge in [-0.2, -0.15) is 4.31 Å². The highest BCUT2D eigenvalue weighted by atomic mass is 32.2. The molecule has 1 fully saturated rings. The molecular weight excluding hydrogens is 372 g/mol. The molecular formula is C22H26N2O3S. The molecule has 0 bridgehead atoms. The van der Waals surface area contributed by atoms with Gasteiger partial charge in [0.2, 0.25) is 15.9 Å². The maximum Gasteiger partial charge on any atom is 0.243 e. The quantitative estimate of drug-likeness (QED) is 0.856. The number of carbonyl (C=O) groups is 1. The Morgan fingerprint density at radius 1 is 0.964 bits per heavy atom. The zero-order valence-electron chi connectivity index (χ0n) is 15.9. The average molecular weight is 399 g/mol. The number of sulfonamides is 1. The zero-order chi connectivity index (χ0) is 19.6. The van der Waals surface area contributed by atoms with E-state index in [1.54, 1.807) is 6.07 Å². The van der Waals surface area contributed by atoms with Gasteiger partial charge in [0.25, 0.3) is 0 Å². The van der Waals surface area contributed by atoms with Crippen LogP contribution < -0.4 is 5.32 Å². The fourth-order valence-corrected chi connectivity index (χ4v) is 5.73. The standard InChI is InChI=1S/C22H26N2O3S/c25-22(23-20-10-2-1-3-11-20)19-9-6-14-24(16-19)28(26,27)21-13-12-17-7-4-5-8-18(17)15-21/h1-3,10-13,15,19H,4-9,14,16H2,(H,23,25)/t19-/m0/s1. The first-order chi connectivity index (χ1) is 13.5. The van der Waals surface area contributed by atoms with Gasteiger partial charge in [-0.05, 0) is 73.9 Å². The number of fused-ring (bicyclic) bond motifs is 1. The highest BCUT2D eigenvalue weighted by Crippen LogP contribution is 2.28. The van der Waals surface area contributed by atoms with E-state index in [0.717, 1.165) is 30.5 Å². The van der Waals surface area contributed by atoms with Crippen LogP contribution in [0.15, 0.2) is 53.4 Å². The number of carbonyl (C=O) groups excluding carboxylic acids is 1. The second-order valence-electron chi connectivity index (χ2n) is 7.70. The van der Waals surface area contributed by atoms with E-state index in [-0.39, 0.29) is 18.4 Å². The molecule has 0 spiro atoms. The van der Waals surface area contributed by atoms with Crippen molar-refractivity contribution in [2.75, 3.05) is 18.4 Å². The highest BCUT2D eigenvalue weighted by molar-refractivity contribution is 7.89. The van der Waals surface area contributed by atoms with Gasteiger partial charge in [-0.1, -0.05) is 24.3 Å². The topological polar surface area (TPSA) is 66.5 Å². The molecule has 1 aliphatic carbocycles. The largest absolute Gasteiger partial charge is 0.326 e. The first-order valence-electron chi connectivity index (χ1n) is 10.0. The van der Waals surface area contributed by atoms with Crippen LogP contribution in [0.5, 0.6) is 0 Å². The van der Waals surface area contributed by atoms with Gasteiger partial charge in [0.15, 0.2) is 0 Å². The van der Waals surface area contributed by atoms with Crippen molar-refractivity contribution in [1.29, 1.82) is 0 Å². The molecule has 5 nitrogen and oxygen atoms in total. The van der Waals surface area contributed by atoms with Gasteiger partial charge in [-0.25, -0.2) is 8.42 Å². The van der Waals surface area contributed by atoms with Gasteiger partial charge in [-0.15, -0.1) is 0 Å². The molecule has 0 radical (unpaired) electrons. The highest BCUT2D eigenvalue weighted by Gasteiger charge is 2.33. The zero-order valence-corrected chi connectivity index (χ0v) is 16.7. The van der Waals surface area contributed by atoms with Crippen LogP contribution in [0.3, 0.4) is 0 Å². The fourth-order valence-electron chi connectivity index (χ4n) is 4.16. The molecule has 1 atom stereocenters. The Morgan fingerprint density at radius 2 is 1.71 bits per heavy atom. The summed E-state index contributed by atoms with van der Waals surface area (Å²) in [5, 5.41) is 2.90. The van der Waals surface area contributed by atoms with Gasteiger partial charge < -0.3 is 5.32 Å². The van der Waals surface area contributed by atoms with Gasteiger partial charge in [0.05, 0.1) is 10.8 Å². The van der Waals surface area contributed by atoms with E-state index in [1.807, 2.05) is 42.5 Å². The third-order valence-electron chi connectivity index (χ3n) is 5.75. The van der Waals surface area contributed by atoms with Crippen molar-refractivity contribution in [2.45, 2.75) is 43.4 Å². The summed E-state index contributed by atoms with van der Waals surface area (Å²) in [6, 6.07) is 14.8. The van der Waals surface area contributed by atoms with Crippen molar-refractivity contribution in [3.05, 3.63) is 59.7 Å². The van der Waals surface area contributed by atoms with Crippen LogP contribution in [0.1, 0.15) is 36.8 Å². The van der Waals surface area contributed by atoms with E-state index in [4.69, 9.17) is 0 Å². The predicted molar refractivity (Wildman–Crippen MR) is 110 cm³/mol. The summed E-state index contributed by atoms with van der Waals surface area (Å²) in [5.74, 6) is -0.446. The molecule has 28 heavy (non-hydrogen) atoms. The molecule has 0 saturated carbocycles. The Hall–Kier alpha value is -2.18. The number of nitrogens with one attached hydrogen (secondary N) is 1. The number of aryl methyl sites for hydroxylation is 2. The Bertz CT molecular complexity index is 957. The van der Waals surface area contributed by atoms with Crippen molar-refractivity contribution in [3.63, 3.8) is 0 Å². The maximum atomic E-state index is 13.2. The van der Waals surface area contributed by atoms with Crippen molar-refractivity contribution >= 4 is 21.6 Å². The summed E-state index contributed by atoms with van der Waals surface area (Å²) < 4.78 is 27.9. The van der Waals surface area contributed by atoms with E-state index in [9.17, 15) is 13.2 Å². The summed E-state index contributed by atoms with van der Waals surface area (Å²) in [6.07, 6.45) is 5.65. The average Bonchev–Trinajstić information content (AvgIpc) is 2.74. The number of benzene rings is 2. The molecule has 2 aromatic carbocycles. The molecule has 6 heteroatoms. The van der Waals surface area contributed by atoms with E-state index >= 15 is 0 Å². The van der Waals surface area contributed by atoms with Crippen LogP contribution in [0.25, 0.3) is 0 Å². The molecule has 1 amide bonds. The van der Waals surface area contributed by atoms with Crippen LogP contribution in [0, 0.1) is 5.92 Å². The van der Waals surface area contributed by atoms with Gasteiger partial charge in [0.1, 0.15) is 0 Å². The van der Waals surface area contributed by atoms with Crippen molar-refractivity contribution < 1.29 is 13.2 Å². The van der Waals surface area contributed by atoms with Crippen molar-refractivity contribution in [3.8, 4) is 0 Å². The van der Waals surface area contributed by atoms with E-state index in [1.165, 1.54) is 16.3 Å². The smallest absolute Gasteiger partial charge is 0.243 e. The van der Waals surface area contributed by atoms with E-state index < -0.39 is 10.0 Å². The lowest BCUT2D eigenvalue weighted by atomic mass is 9.92. The van der Waals surface area contributed by atoms with E-state index in [2.05, 4.69) is 5.32 Å². The third-order valence-corrected chi connectivity index (χ3v) is 7.62.